The summed E-state index contributed by atoms with van der Waals surface area (Å²) in [7, 11) is 0. The molecule has 0 aromatic carbocycles. The van der Waals surface area contributed by atoms with E-state index in [0.717, 1.165) is 21.8 Å². The highest BCUT2D eigenvalue weighted by Gasteiger charge is 2.12. The summed E-state index contributed by atoms with van der Waals surface area (Å²) in [5, 5.41) is 1.09. The Hall–Kier alpha value is -1.00. The smallest absolute Gasteiger partial charge is 0.143 e. The number of nitrogens with two attached hydrogens (primary N) is 1. The molecule has 1 atom stereocenters. The molecule has 15 heavy (non-hydrogen) atoms. The molecule has 0 aliphatic carbocycles. The van der Waals surface area contributed by atoms with E-state index in [0.29, 0.717) is 5.92 Å². The lowest BCUT2D eigenvalue weighted by molar-refractivity contribution is 0.490. The van der Waals surface area contributed by atoms with Crippen LogP contribution in [0.1, 0.15) is 18.9 Å². The second-order valence-electron chi connectivity index (χ2n) is 4.05. The number of nitrogens with zero attached hydrogens (tertiary/aromatic N) is 2. The predicted molar refractivity (Wildman–Crippen MR) is 63.9 cm³/mol. The van der Waals surface area contributed by atoms with Gasteiger partial charge in [0.05, 0.1) is 5.01 Å². The van der Waals surface area contributed by atoms with Crippen molar-refractivity contribution >= 4 is 21.7 Å². The van der Waals surface area contributed by atoms with Gasteiger partial charge in [0.1, 0.15) is 10.3 Å². The third kappa shape index (κ3) is 2.33. The maximum atomic E-state index is 6.02. The monoisotopic (exact) mass is 221 g/mol. The number of rotatable bonds is 3. The van der Waals surface area contributed by atoms with E-state index in [2.05, 4.69) is 23.8 Å². The first-order chi connectivity index (χ1) is 7.16. The molecule has 0 saturated heterocycles. The molecule has 1 unspecified atom stereocenters. The average Bonchev–Trinajstić information content (AvgIpc) is 2.59. The van der Waals surface area contributed by atoms with Crippen LogP contribution >= 0.6 is 11.3 Å². The fourth-order valence-electron chi connectivity index (χ4n) is 1.34. The maximum Gasteiger partial charge on any atom is 0.143 e. The standard InChI is InChI=1S/C11H15N3S/c1-7(2)8(12)6-10-14-9-4-3-5-13-11(9)15-10/h3-5,7-8H,6,12H2,1-2H3. The molecular weight excluding hydrogens is 206 g/mol. The van der Waals surface area contributed by atoms with Crippen molar-refractivity contribution in [3.05, 3.63) is 23.3 Å². The van der Waals surface area contributed by atoms with Gasteiger partial charge in [0.25, 0.3) is 0 Å². The molecule has 0 spiro atoms. The van der Waals surface area contributed by atoms with Gasteiger partial charge in [-0.3, -0.25) is 0 Å². The molecule has 0 aliphatic heterocycles. The Bertz CT molecular complexity index is 417. The molecule has 3 nitrogen and oxygen atoms in total. The number of aromatic nitrogens is 2. The van der Waals surface area contributed by atoms with Crippen molar-refractivity contribution in [1.29, 1.82) is 0 Å². The lowest BCUT2D eigenvalue weighted by atomic mass is 10.0. The molecule has 0 fully saturated rings. The van der Waals surface area contributed by atoms with Crippen molar-refractivity contribution in [3.8, 4) is 0 Å². The summed E-state index contributed by atoms with van der Waals surface area (Å²) >= 11 is 1.64. The van der Waals surface area contributed by atoms with Crippen molar-refractivity contribution in [2.75, 3.05) is 0 Å². The SMILES string of the molecule is CC(C)C(N)Cc1nc2cccnc2s1. The first-order valence-electron chi connectivity index (χ1n) is 5.13. The first kappa shape index (κ1) is 10.5. The summed E-state index contributed by atoms with van der Waals surface area (Å²) in [4.78, 5) is 9.78. The van der Waals surface area contributed by atoms with Crippen LogP contribution in [0.15, 0.2) is 18.3 Å². The number of hydrogen-bond acceptors (Lipinski definition) is 4. The molecule has 2 rings (SSSR count). The van der Waals surface area contributed by atoms with Crippen LogP contribution in [0, 0.1) is 5.92 Å². The van der Waals surface area contributed by atoms with Gasteiger partial charge >= 0.3 is 0 Å². The minimum absolute atomic E-state index is 0.186. The number of thiazole rings is 1. The molecule has 2 heterocycles. The quantitative estimate of drug-likeness (QED) is 0.864. The largest absolute Gasteiger partial charge is 0.327 e. The fraction of sp³-hybridized carbons (Fsp3) is 0.455. The Kier molecular flexibility index (Phi) is 2.98. The first-order valence-corrected chi connectivity index (χ1v) is 5.94. The molecular formula is C11H15N3S. The van der Waals surface area contributed by atoms with Crippen LogP contribution in [-0.4, -0.2) is 16.0 Å². The van der Waals surface area contributed by atoms with Crippen molar-refractivity contribution in [2.24, 2.45) is 11.7 Å². The summed E-state index contributed by atoms with van der Waals surface area (Å²) in [5.41, 5.74) is 7.00. The zero-order chi connectivity index (χ0) is 10.8. The summed E-state index contributed by atoms with van der Waals surface area (Å²) < 4.78 is 0. The van der Waals surface area contributed by atoms with E-state index < -0.39 is 0 Å². The number of hydrogen-bond donors (Lipinski definition) is 1. The van der Waals surface area contributed by atoms with Crippen molar-refractivity contribution < 1.29 is 0 Å². The van der Waals surface area contributed by atoms with Gasteiger partial charge in [-0.15, -0.1) is 0 Å². The van der Waals surface area contributed by atoms with Crippen LogP contribution < -0.4 is 5.73 Å². The second-order valence-corrected chi connectivity index (χ2v) is 5.11. The predicted octanol–water partition coefficient (Wildman–Crippen LogP) is 2.22. The van der Waals surface area contributed by atoms with Gasteiger partial charge < -0.3 is 5.73 Å². The summed E-state index contributed by atoms with van der Waals surface area (Å²) in [6.07, 6.45) is 2.64. The highest BCUT2D eigenvalue weighted by Crippen LogP contribution is 2.21. The van der Waals surface area contributed by atoms with Crippen LogP contribution in [0.3, 0.4) is 0 Å². The van der Waals surface area contributed by atoms with Gasteiger partial charge in [-0.1, -0.05) is 25.2 Å². The molecule has 2 aromatic rings. The minimum Gasteiger partial charge on any atom is -0.327 e. The van der Waals surface area contributed by atoms with Crippen LogP contribution in [0.5, 0.6) is 0 Å². The Morgan fingerprint density at radius 1 is 1.47 bits per heavy atom. The van der Waals surface area contributed by atoms with Crippen molar-refractivity contribution in [3.63, 3.8) is 0 Å². The highest BCUT2D eigenvalue weighted by molar-refractivity contribution is 7.18. The lowest BCUT2D eigenvalue weighted by Crippen LogP contribution is -2.28. The number of pyridine rings is 1. The molecule has 0 radical (unpaired) electrons. The maximum absolute atomic E-state index is 6.02. The fourth-order valence-corrected chi connectivity index (χ4v) is 2.31. The highest BCUT2D eigenvalue weighted by atomic mass is 32.1. The van der Waals surface area contributed by atoms with E-state index in [9.17, 15) is 0 Å². The van der Waals surface area contributed by atoms with Crippen LogP contribution in [0.2, 0.25) is 0 Å². The van der Waals surface area contributed by atoms with E-state index in [1.165, 1.54) is 0 Å². The van der Waals surface area contributed by atoms with Crippen LogP contribution in [0.25, 0.3) is 10.3 Å². The second kappa shape index (κ2) is 4.24. The Labute approximate surface area is 93.4 Å². The summed E-state index contributed by atoms with van der Waals surface area (Å²) in [5.74, 6) is 0.491. The van der Waals surface area contributed by atoms with Crippen molar-refractivity contribution in [1.82, 2.24) is 9.97 Å². The summed E-state index contributed by atoms with van der Waals surface area (Å²) in [6.45, 7) is 4.27. The van der Waals surface area contributed by atoms with Gasteiger partial charge in [0, 0.05) is 18.7 Å². The zero-order valence-electron chi connectivity index (χ0n) is 8.97. The Balaban J connectivity index is 2.22. The molecule has 0 aliphatic rings. The molecule has 0 amide bonds. The third-order valence-electron chi connectivity index (χ3n) is 2.48. The van der Waals surface area contributed by atoms with Crippen molar-refractivity contribution in [2.45, 2.75) is 26.3 Å². The molecule has 80 valence electrons. The van der Waals surface area contributed by atoms with Gasteiger partial charge in [-0.25, -0.2) is 9.97 Å². The Morgan fingerprint density at radius 3 is 2.93 bits per heavy atom. The average molecular weight is 221 g/mol. The molecule has 0 bridgehead atoms. The topological polar surface area (TPSA) is 51.8 Å². The molecule has 2 N–H and O–H groups in total. The van der Waals surface area contributed by atoms with E-state index in [-0.39, 0.29) is 6.04 Å². The Morgan fingerprint density at radius 2 is 2.27 bits per heavy atom. The third-order valence-corrected chi connectivity index (χ3v) is 3.48. The molecule has 4 heteroatoms. The van der Waals surface area contributed by atoms with E-state index >= 15 is 0 Å². The normalized spacial score (nSPS) is 13.6. The summed E-state index contributed by atoms with van der Waals surface area (Å²) in [6, 6.07) is 4.09. The number of fused-ring (bicyclic) bond motifs is 1. The van der Waals surface area contributed by atoms with E-state index in [1.807, 2.05) is 12.1 Å². The van der Waals surface area contributed by atoms with Gasteiger partial charge in [-0.2, -0.15) is 0 Å². The molecule has 2 aromatic heterocycles. The van der Waals surface area contributed by atoms with Gasteiger partial charge in [-0.05, 0) is 18.1 Å². The van der Waals surface area contributed by atoms with Gasteiger partial charge in [0.2, 0.25) is 0 Å². The minimum atomic E-state index is 0.186. The van der Waals surface area contributed by atoms with Gasteiger partial charge in [0.15, 0.2) is 0 Å². The lowest BCUT2D eigenvalue weighted by Gasteiger charge is -2.12. The van der Waals surface area contributed by atoms with E-state index in [4.69, 9.17) is 5.73 Å². The molecule has 0 saturated carbocycles. The van der Waals surface area contributed by atoms with E-state index in [1.54, 1.807) is 17.5 Å². The zero-order valence-corrected chi connectivity index (χ0v) is 9.79. The van der Waals surface area contributed by atoms with Crippen LogP contribution in [-0.2, 0) is 6.42 Å². The van der Waals surface area contributed by atoms with Crippen LogP contribution in [0.4, 0.5) is 0 Å².